The molecule has 17 heavy (non-hydrogen) atoms. The molecule has 0 saturated heterocycles. The van der Waals surface area contributed by atoms with Gasteiger partial charge < -0.3 is 15.2 Å². The number of aliphatic carboxylic acids is 1. The van der Waals surface area contributed by atoms with Gasteiger partial charge in [-0.1, -0.05) is 0 Å². The van der Waals surface area contributed by atoms with Crippen LogP contribution in [0, 0.1) is 12.7 Å². The van der Waals surface area contributed by atoms with Crippen LogP contribution >= 0.6 is 0 Å². The van der Waals surface area contributed by atoms with E-state index in [0.717, 1.165) is 0 Å². The first-order valence-electron chi connectivity index (χ1n) is 5.33. The molecule has 0 aliphatic heterocycles. The molecule has 1 atom stereocenters. The lowest BCUT2D eigenvalue weighted by molar-refractivity contribution is -0.139. The number of carboxylic acid groups (broad SMARTS) is 1. The summed E-state index contributed by atoms with van der Waals surface area (Å²) in [7, 11) is 1.58. The Balaban J connectivity index is 2.45. The highest BCUT2D eigenvalue weighted by atomic mass is 19.1. The predicted molar refractivity (Wildman–Crippen MR) is 61.7 cm³/mol. The predicted octanol–water partition coefficient (Wildman–Crippen LogP) is 1.58. The van der Waals surface area contributed by atoms with Crippen LogP contribution < -0.4 is 10.1 Å². The SMILES string of the molecule is CNC(CCOc1ccc(F)c(C)c1)C(=O)O. The molecule has 0 fully saturated rings. The van der Waals surface area contributed by atoms with E-state index in [1.54, 1.807) is 20.0 Å². The van der Waals surface area contributed by atoms with Crippen molar-refractivity contribution in [1.29, 1.82) is 0 Å². The van der Waals surface area contributed by atoms with Crippen molar-refractivity contribution in [2.75, 3.05) is 13.7 Å². The quantitative estimate of drug-likeness (QED) is 0.793. The highest BCUT2D eigenvalue weighted by molar-refractivity contribution is 5.73. The van der Waals surface area contributed by atoms with Crippen LogP contribution in [0.15, 0.2) is 18.2 Å². The molecule has 0 spiro atoms. The molecule has 0 aliphatic rings. The lowest BCUT2D eigenvalue weighted by Gasteiger charge is -2.12. The molecule has 0 amide bonds. The van der Waals surface area contributed by atoms with Crippen LogP contribution in [0.2, 0.25) is 0 Å². The molecule has 1 aromatic rings. The largest absolute Gasteiger partial charge is 0.494 e. The lowest BCUT2D eigenvalue weighted by atomic mass is 10.2. The van der Waals surface area contributed by atoms with Gasteiger partial charge in [0.25, 0.3) is 0 Å². The van der Waals surface area contributed by atoms with Gasteiger partial charge in [-0.15, -0.1) is 0 Å². The molecular weight excluding hydrogens is 225 g/mol. The number of ether oxygens (including phenoxy) is 1. The highest BCUT2D eigenvalue weighted by Gasteiger charge is 2.14. The van der Waals surface area contributed by atoms with Crippen LogP contribution in [-0.2, 0) is 4.79 Å². The average Bonchev–Trinajstić information content (AvgIpc) is 2.28. The molecule has 0 heterocycles. The summed E-state index contributed by atoms with van der Waals surface area (Å²) in [6, 6.07) is 3.82. The van der Waals surface area contributed by atoms with Crippen molar-refractivity contribution in [2.45, 2.75) is 19.4 Å². The van der Waals surface area contributed by atoms with E-state index in [4.69, 9.17) is 9.84 Å². The van der Waals surface area contributed by atoms with Gasteiger partial charge in [0.1, 0.15) is 17.6 Å². The Morgan fingerprint density at radius 3 is 2.82 bits per heavy atom. The first-order chi connectivity index (χ1) is 8.04. The Kier molecular flexibility index (Phi) is 4.90. The van der Waals surface area contributed by atoms with E-state index in [2.05, 4.69) is 5.32 Å². The molecule has 1 rings (SSSR count). The topological polar surface area (TPSA) is 58.6 Å². The summed E-state index contributed by atoms with van der Waals surface area (Å²) < 4.78 is 18.3. The van der Waals surface area contributed by atoms with E-state index in [1.807, 2.05) is 0 Å². The minimum absolute atomic E-state index is 0.267. The number of halogens is 1. The van der Waals surface area contributed by atoms with Gasteiger partial charge in [0.05, 0.1) is 6.61 Å². The minimum atomic E-state index is -0.911. The third-order valence-corrected chi connectivity index (χ3v) is 2.45. The second-order valence-electron chi connectivity index (χ2n) is 3.73. The zero-order valence-corrected chi connectivity index (χ0v) is 9.87. The maximum absolute atomic E-state index is 13.0. The monoisotopic (exact) mass is 241 g/mol. The van der Waals surface area contributed by atoms with Crippen molar-refractivity contribution < 1.29 is 19.0 Å². The minimum Gasteiger partial charge on any atom is -0.494 e. The normalized spacial score (nSPS) is 12.2. The Morgan fingerprint density at radius 2 is 2.29 bits per heavy atom. The molecule has 4 nitrogen and oxygen atoms in total. The molecule has 2 N–H and O–H groups in total. The number of aryl methyl sites for hydroxylation is 1. The van der Waals surface area contributed by atoms with Crippen molar-refractivity contribution in [3.63, 3.8) is 0 Å². The molecule has 0 aromatic heterocycles. The van der Waals surface area contributed by atoms with Gasteiger partial charge in [-0.25, -0.2) is 4.39 Å². The Morgan fingerprint density at radius 1 is 1.59 bits per heavy atom. The number of benzene rings is 1. The van der Waals surface area contributed by atoms with Crippen LogP contribution in [0.4, 0.5) is 4.39 Å². The van der Waals surface area contributed by atoms with E-state index >= 15 is 0 Å². The van der Waals surface area contributed by atoms with Gasteiger partial charge in [-0.2, -0.15) is 0 Å². The van der Waals surface area contributed by atoms with Crippen LogP contribution in [0.5, 0.6) is 5.75 Å². The van der Waals surface area contributed by atoms with Crippen molar-refractivity contribution in [3.8, 4) is 5.75 Å². The summed E-state index contributed by atoms with van der Waals surface area (Å²) in [4.78, 5) is 10.7. The average molecular weight is 241 g/mol. The first kappa shape index (κ1) is 13.4. The summed E-state index contributed by atoms with van der Waals surface area (Å²) in [5.74, 6) is -0.647. The fraction of sp³-hybridized carbons (Fsp3) is 0.417. The zero-order chi connectivity index (χ0) is 12.8. The smallest absolute Gasteiger partial charge is 0.320 e. The number of likely N-dealkylation sites (N-methyl/N-ethyl adjacent to an activating group) is 1. The van der Waals surface area contributed by atoms with Gasteiger partial charge in [0, 0.05) is 6.42 Å². The van der Waals surface area contributed by atoms with E-state index in [1.165, 1.54) is 12.1 Å². The fourth-order valence-corrected chi connectivity index (χ4v) is 1.39. The number of nitrogens with one attached hydrogen (secondary N) is 1. The molecule has 0 radical (unpaired) electrons. The lowest BCUT2D eigenvalue weighted by Crippen LogP contribution is -2.35. The fourth-order valence-electron chi connectivity index (χ4n) is 1.39. The van der Waals surface area contributed by atoms with Crippen molar-refractivity contribution in [1.82, 2.24) is 5.32 Å². The molecular formula is C12H16FNO3. The van der Waals surface area contributed by atoms with Gasteiger partial charge in [0.15, 0.2) is 0 Å². The number of carbonyl (C=O) groups is 1. The van der Waals surface area contributed by atoms with E-state index < -0.39 is 12.0 Å². The van der Waals surface area contributed by atoms with E-state index in [9.17, 15) is 9.18 Å². The molecule has 5 heteroatoms. The first-order valence-corrected chi connectivity index (χ1v) is 5.33. The Hall–Kier alpha value is -1.62. The highest BCUT2D eigenvalue weighted by Crippen LogP contribution is 2.16. The Labute approximate surface area is 99.4 Å². The van der Waals surface area contributed by atoms with Crippen molar-refractivity contribution >= 4 is 5.97 Å². The van der Waals surface area contributed by atoms with E-state index in [0.29, 0.717) is 17.7 Å². The molecule has 1 unspecified atom stereocenters. The maximum Gasteiger partial charge on any atom is 0.320 e. The second-order valence-corrected chi connectivity index (χ2v) is 3.73. The molecule has 94 valence electrons. The molecule has 0 bridgehead atoms. The summed E-state index contributed by atoms with van der Waals surface area (Å²) in [5.41, 5.74) is 0.505. The summed E-state index contributed by atoms with van der Waals surface area (Å²) >= 11 is 0. The zero-order valence-electron chi connectivity index (χ0n) is 9.87. The van der Waals surface area contributed by atoms with Gasteiger partial charge >= 0.3 is 5.97 Å². The number of hydrogen-bond acceptors (Lipinski definition) is 3. The molecule has 0 aliphatic carbocycles. The van der Waals surface area contributed by atoms with Crippen molar-refractivity contribution in [3.05, 3.63) is 29.6 Å². The van der Waals surface area contributed by atoms with Gasteiger partial charge in [-0.05, 0) is 37.7 Å². The molecule has 1 aromatic carbocycles. The summed E-state index contributed by atoms with van der Waals surface area (Å²) in [6.45, 7) is 1.92. The van der Waals surface area contributed by atoms with Crippen molar-refractivity contribution in [2.24, 2.45) is 0 Å². The van der Waals surface area contributed by atoms with Crippen LogP contribution in [0.1, 0.15) is 12.0 Å². The third-order valence-electron chi connectivity index (χ3n) is 2.45. The van der Waals surface area contributed by atoms with E-state index in [-0.39, 0.29) is 12.4 Å². The molecule has 0 saturated carbocycles. The number of carboxylic acids is 1. The Bertz CT molecular complexity index is 395. The summed E-state index contributed by atoms with van der Waals surface area (Å²) in [5, 5.41) is 11.5. The standard InChI is InChI=1S/C12H16FNO3/c1-8-7-9(3-4-10(8)13)17-6-5-11(14-2)12(15)16/h3-4,7,11,14H,5-6H2,1-2H3,(H,15,16). The summed E-state index contributed by atoms with van der Waals surface area (Å²) in [6.07, 6.45) is 0.349. The number of rotatable bonds is 6. The van der Waals surface area contributed by atoms with Gasteiger partial charge in [-0.3, -0.25) is 4.79 Å². The van der Waals surface area contributed by atoms with Crippen LogP contribution in [-0.4, -0.2) is 30.8 Å². The maximum atomic E-state index is 13.0. The van der Waals surface area contributed by atoms with Gasteiger partial charge in [0.2, 0.25) is 0 Å². The van der Waals surface area contributed by atoms with Crippen LogP contribution in [0.3, 0.4) is 0 Å². The van der Waals surface area contributed by atoms with Crippen LogP contribution in [0.25, 0.3) is 0 Å². The number of hydrogen-bond donors (Lipinski definition) is 2. The second kappa shape index (κ2) is 6.20. The third kappa shape index (κ3) is 4.03.